The molecule has 0 unspecified atom stereocenters. The highest BCUT2D eigenvalue weighted by atomic mass is 19.4. The predicted molar refractivity (Wildman–Crippen MR) is 103 cm³/mol. The summed E-state index contributed by atoms with van der Waals surface area (Å²) in [5.41, 5.74) is -1.70. The van der Waals surface area contributed by atoms with Gasteiger partial charge in [-0.25, -0.2) is 4.39 Å². The van der Waals surface area contributed by atoms with Crippen molar-refractivity contribution < 1.29 is 30.7 Å². The van der Waals surface area contributed by atoms with E-state index >= 15 is 0 Å². The second-order valence-electron chi connectivity index (χ2n) is 8.02. The molecule has 2 nitrogen and oxygen atoms in total. The van der Waals surface area contributed by atoms with Gasteiger partial charge in [0.1, 0.15) is 5.82 Å². The van der Waals surface area contributed by atoms with Gasteiger partial charge in [0.05, 0.1) is 11.1 Å². The van der Waals surface area contributed by atoms with Crippen LogP contribution >= 0.6 is 0 Å². The largest absolute Gasteiger partial charge is 0.416 e. The summed E-state index contributed by atoms with van der Waals surface area (Å²) < 4.78 is 91.8. The van der Waals surface area contributed by atoms with E-state index in [0.717, 1.165) is 30.7 Å². The number of hydrogen-bond donors (Lipinski definition) is 1. The lowest BCUT2D eigenvalue weighted by Crippen LogP contribution is -2.41. The van der Waals surface area contributed by atoms with Crippen LogP contribution in [-0.2, 0) is 18.9 Å². The number of benzene rings is 2. The molecule has 0 spiro atoms. The maximum Gasteiger partial charge on any atom is 0.416 e. The Morgan fingerprint density at radius 3 is 2.06 bits per heavy atom. The van der Waals surface area contributed by atoms with Crippen LogP contribution in [0.15, 0.2) is 42.5 Å². The highest BCUT2D eigenvalue weighted by molar-refractivity contribution is 5.33. The molecule has 0 radical (unpaired) electrons. The Hall–Kier alpha value is -2.13. The van der Waals surface area contributed by atoms with E-state index in [0.29, 0.717) is 13.1 Å². The topological polar surface area (TPSA) is 15.3 Å². The average Bonchev–Trinajstić information content (AvgIpc) is 2.67. The van der Waals surface area contributed by atoms with Crippen molar-refractivity contribution in [2.75, 3.05) is 26.7 Å². The molecule has 0 amide bonds. The molecule has 1 heterocycles. The van der Waals surface area contributed by atoms with Gasteiger partial charge < -0.3 is 10.2 Å². The molecule has 9 heteroatoms. The second kappa shape index (κ2) is 9.16. The molecular weight excluding hydrogens is 425 g/mol. The van der Waals surface area contributed by atoms with Gasteiger partial charge in [-0.1, -0.05) is 12.1 Å². The molecule has 1 saturated heterocycles. The molecule has 1 fully saturated rings. The third-order valence-electron chi connectivity index (χ3n) is 5.55. The van der Waals surface area contributed by atoms with Gasteiger partial charge in [-0.05, 0) is 79.9 Å². The monoisotopic (exact) mass is 448 g/mol. The van der Waals surface area contributed by atoms with Crippen molar-refractivity contribution in [3.8, 4) is 0 Å². The molecule has 1 N–H and O–H groups in total. The number of halogens is 7. The minimum atomic E-state index is -4.87. The Kier molecular flexibility index (Phi) is 6.95. The molecule has 0 aliphatic carbocycles. The molecule has 2 aromatic rings. The SMILES string of the molecule is CN(Cc1cc(C(F)(F)F)cc(C(F)(F)F)c1)C[C@@H]1CNCC[C@H]1c1ccc(F)cc1. The van der Waals surface area contributed by atoms with E-state index < -0.39 is 23.5 Å². The zero-order valence-electron chi connectivity index (χ0n) is 16.8. The molecule has 0 aromatic heterocycles. The fraction of sp³-hybridized carbons (Fsp3) is 0.455. The number of nitrogens with one attached hydrogen (secondary N) is 1. The first-order valence-electron chi connectivity index (χ1n) is 9.86. The van der Waals surface area contributed by atoms with E-state index in [1.54, 1.807) is 24.1 Å². The molecule has 1 aliphatic rings. The Bertz CT molecular complexity index is 843. The second-order valence-corrected chi connectivity index (χ2v) is 8.02. The van der Waals surface area contributed by atoms with Crippen LogP contribution < -0.4 is 5.32 Å². The molecule has 31 heavy (non-hydrogen) atoms. The van der Waals surface area contributed by atoms with Crippen molar-refractivity contribution in [2.24, 2.45) is 5.92 Å². The van der Waals surface area contributed by atoms with E-state index in [9.17, 15) is 30.7 Å². The lowest BCUT2D eigenvalue weighted by molar-refractivity contribution is -0.143. The molecule has 0 saturated carbocycles. The lowest BCUT2D eigenvalue weighted by Gasteiger charge is -2.35. The van der Waals surface area contributed by atoms with Crippen molar-refractivity contribution >= 4 is 0 Å². The zero-order chi connectivity index (χ0) is 22.8. The predicted octanol–water partition coefficient (Wildman–Crippen LogP) is 5.69. The molecule has 2 atom stereocenters. The van der Waals surface area contributed by atoms with E-state index in [1.807, 2.05) is 0 Å². The third-order valence-corrected chi connectivity index (χ3v) is 5.55. The Balaban J connectivity index is 1.77. The molecule has 3 rings (SSSR count). The summed E-state index contributed by atoms with van der Waals surface area (Å²) in [5.74, 6) is -0.134. The highest BCUT2D eigenvalue weighted by Crippen LogP contribution is 2.37. The van der Waals surface area contributed by atoms with Crippen LogP contribution in [0.4, 0.5) is 30.7 Å². The van der Waals surface area contributed by atoms with Gasteiger partial charge in [-0.3, -0.25) is 0 Å². The lowest BCUT2D eigenvalue weighted by atomic mass is 9.81. The van der Waals surface area contributed by atoms with Crippen LogP contribution in [0.25, 0.3) is 0 Å². The maximum absolute atomic E-state index is 13.3. The smallest absolute Gasteiger partial charge is 0.316 e. The van der Waals surface area contributed by atoms with Crippen LogP contribution in [-0.4, -0.2) is 31.6 Å². The summed E-state index contributed by atoms with van der Waals surface area (Å²) in [4.78, 5) is 1.73. The maximum atomic E-state index is 13.3. The quantitative estimate of drug-likeness (QED) is 0.592. The molecule has 1 aliphatic heterocycles. The van der Waals surface area contributed by atoms with Crippen molar-refractivity contribution in [1.29, 1.82) is 0 Å². The standard InChI is InChI=1S/C22H23F7N2/c1-31(12-14-8-17(21(24,25)26)10-18(9-14)22(27,28)29)13-16-11-30-7-6-20(16)15-2-4-19(23)5-3-15/h2-5,8-10,16,20,30H,6-7,11-13H2,1H3/t16-,20-/m0/s1. The van der Waals surface area contributed by atoms with E-state index in [4.69, 9.17) is 0 Å². The van der Waals surface area contributed by atoms with Crippen LogP contribution in [0.1, 0.15) is 34.6 Å². The van der Waals surface area contributed by atoms with Gasteiger partial charge in [0.2, 0.25) is 0 Å². The number of nitrogens with zero attached hydrogens (tertiary/aromatic N) is 1. The van der Waals surface area contributed by atoms with Crippen molar-refractivity contribution in [1.82, 2.24) is 10.2 Å². The first-order chi connectivity index (χ1) is 14.4. The first-order valence-corrected chi connectivity index (χ1v) is 9.86. The number of hydrogen-bond acceptors (Lipinski definition) is 2. The number of rotatable bonds is 5. The van der Waals surface area contributed by atoms with Crippen LogP contribution in [0.2, 0.25) is 0 Å². The van der Waals surface area contributed by atoms with Gasteiger partial charge in [0.25, 0.3) is 0 Å². The summed E-state index contributed by atoms with van der Waals surface area (Å²) in [6.07, 6.45) is -8.92. The Labute approximate surface area is 176 Å². The van der Waals surface area contributed by atoms with E-state index in [2.05, 4.69) is 5.32 Å². The molecule has 170 valence electrons. The van der Waals surface area contributed by atoms with Gasteiger partial charge in [-0.2, -0.15) is 26.3 Å². The molecule has 0 bridgehead atoms. The number of piperidine rings is 1. The summed E-state index contributed by atoms with van der Waals surface area (Å²) in [6.45, 7) is 1.85. The summed E-state index contributed by atoms with van der Waals surface area (Å²) >= 11 is 0. The van der Waals surface area contributed by atoms with Crippen molar-refractivity contribution in [2.45, 2.75) is 31.2 Å². The molecular formula is C22H23F7N2. The van der Waals surface area contributed by atoms with Crippen LogP contribution in [0.5, 0.6) is 0 Å². The van der Waals surface area contributed by atoms with Gasteiger partial charge >= 0.3 is 12.4 Å². The average molecular weight is 448 g/mol. The Morgan fingerprint density at radius 1 is 0.935 bits per heavy atom. The van der Waals surface area contributed by atoms with Gasteiger partial charge in [0.15, 0.2) is 0 Å². The fourth-order valence-corrected chi connectivity index (χ4v) is 4.15. The first kappa shape index (κ1) is 23.5. The van der Waals surface area contributed by atoms with Gasteiger partial charge in [0, 0.05) is 13.1 Å². The fourth-order valence-electron chi connectivity index (χ4n) is 4.15. The summed E-state index contributed by atoms with van der Waals surface area (Å²) in [6, 6.07) is 7.89. The van der Waals surface area contributed by atoms with E-state index in [-0.39, 0.29) is 35.8 Å². The zero-order valence-corrected chi connectivity index (χ0v) is 16.8. The minimum absolute atomic E-state index is 0.0493. The minimum Gasteiger partial charge on any atom is -0.316 e. The Morgan fingerprint density at radius 2 is 1.52 bits per heavy atom. The van der Waals surface area contributed by atoms with Gasteiger partial charge in [-0.15, -0.1) is 0 Å². The van der Waals surface area contributed by atoms with Crippen molar-refractivity contribution in [3.63, 3.8) is 0 Å². The summed E-state index contributed by atoms with van der Waals surface area (Å²) in [5, 5.41) is 3.27. The highest BCUT2D eigenvalue weighted by Gasteiger charge is 2.37. The van der Waals surface area contributed by atoms with Crippen molar-refractivity contribution in [3.05, 3.63) is 70.5 Å². The van der Waals surface area contributed by atoms with Crippen LogP contribution in [0, 0.1) is 11.7 Å². The molecule has 2 aromatic carbocycles. The normalized spacial score (nSPS) is 20.3. The third kappa shape index (κ3) is 6.20. The summed E-state index contributed by atoms with van der Waals surface area (Å²) in [7, 11) is 1.67. The van der Waals surface area contributed by atoms with Crippen LogP contribution in [0.3, 0.4) is 0 Å². The van der Waals surface area contributed by atoms with E-state index in [1.165, 1.54) is 12.1 Å². The number of alkyl halides is 6.